The van der Waals surface area contributed by atoms with Crippen molar-refractivity contribution in [2.24, 2.45) is 0 Å². The molecule has 2 N–H and O–H groups in total. The van der Waals surface area contributed by atoms with Gasteiger partial charge in [0, 0.05) is 48.6 Å². The molecule has 1 aromatic heterocycles. The van der Waals surface area contributed by atoms with Crippen molar-refractivity contribution in [2.75, 3.05) is 5.75 Å². The number of hydrogen-bond donors (Lipinski definition) is 2. The van der Waals surface area contributed by atoms with Crippen LogP contribution in [0.25, 0.3) is 0 Å². The van der Waals surface area contributed by atoms with Gasteiger partial charge in [0.25, 0.3) is 5.69 Å². The molecule has 0 aliphatic carbocycles. The van der Waals surface area contributed by atoms with Gasteiger partial charge in [-0.15, -0.1) is 11.8 Å². The Kier molecular flexibility index (Phi) is 7.10. The number of benzene rings is 1. The van der Waals surface area contributed by atoms with Crippen LogP contribution in [0.2, 0.25) is 0 Å². The van der Waals surface area contributed by atoms with Gasteiger partial charge in [-0.3, -0.25) is 24.7 Å². The third-order valence-electron chi connectivity index (χ3n) is 3.33. The van der Waals surface area contributed by atoms with Gasteiger partial charge in [0.1, 0.15) is 6.04 Å². The first-order valence-electron chi connectivity index (χ1n) is 7.76. The normalized spacial score (nSPS) is 11.4. The van der Waals surface area contributed by atoms with E-state index in [1.54, 1.807) is 30.6 Å². The predicted octanol–water partition coefficient (Wildman–Crippen LogP) is 1.90. The Morgan fingerprint density at radius 2 is 2.12 bits per heavy atom. The Hall–Kier alpha value is -2.94. The Morgan fingerprint density at radius 3 is 2.77 bits per heavy atom. The first kappa shape index (κ1) is 19.4. The summed E-state index contributed by atoms with van der Waals surface area (Å²) in [5.41, 5.74) is 0.820. The molecule has 0 fully saturated rings. The number of nitro benzene ring substituents is 1. The highest BCUT2D eigenvalue weighted by Gasteiger charge is 2.20. The maximum atomic E-state index is 12.4. The third kappa shape index (κ3) is 6.17. The minimum Gasteiger partial charge on any atom is -0.350 e. The van der Waals surface area contributed by atoms with Gasteiger partial charge in [0.15, 0.2) is 0 Å². The van der Waals surface area contributed by atoms with Crippen LogP contribution in [0.15, 0.2) is 53.7 Å². The minimum atomic E-state index is -0.756. The van der Waals surface area contributed by atoms with Crippen LogP contribution in [0.5, 0.6) is 0 Å². The molecule has 0 aliphatic heterocycles. The van der Waals surface area contributed by atoms with Crippen LogP contribution in [0, 0.1) is 10.1 Å². The number of pyridine rings is 1. The molecule has 0 bridgehead atoms. The fourth-order valence-electron chi connectivity index (χ4n) is 2.11. The first-order chi connectivity index (χ1) is 12.5. The van der Waals surface area contributed by atoms with Gasteiger partial charge in [-0.1, -0.05) is 12.1 Å². The van der Waals surface area contributed by atoms with Crippen molar-refractivity contribution < 1.29 is 14.5 Å². The van der Waals surface area contributed by atoms with Crippen LogP contribution in [0.1, 0.15) is 12.5 Å². The van der Waals surface area contributed by atoms with E-state index in [2.05, 4.69) is 15.6 Å². The van der Waals surface area contributed by atoms with E-state index in [0.29, 0.717) is 11.4 Å². The second-order valence-electron chi connectivity index (χ2n) is 5.40. The zero-order valence-electron chi connectivity index (χ0n) is 14.0. The number of non-ortho nitro benzene ring substituents is 1. The molecule has 2 rings (SSSR count). The molecule has 1 atom stereocenters. The van der Waals surface area contributed by atoms with Gasteiger partial charge < -0.3 is 10.6 Å². The molecule has 136 valence electrons. The average Bonchev–Trinajstić information content (AvgIpc) is 2.64. The Bertz CT molecular complexity index is 785. The number of thioether (sulfide) groups is 1. The van der Waals surface area contributed by atoms with Crippen molar-refractivity contribution in [3.05, 3.63) is 64.5 Å². The molecule has 1 unspecified atom stereocenters. The Labute approximate surface area is 154 Å². The number of nitro groups is 1. The fraction of sp³-hybridized carbons (Fsp3) is 0.235. The highest BCUT2D eigenvalue weighted by atomic mass is 32.2. The van der Waals surface area contributed by atoms with Crippen molar-refractivity contribution >= 4 is 29.3 Å². The van der Waals surface area contributed by atoms with Gasteiger partial charge in [0.05, 0.1) is 4.92 Å². The molecule has 1 heterocycles. The molecular weight excluding hydrogens is 356 g/mol. The van der Waals surface area contributed by atoms with Gasteiger partial charge in [-0.2, -0.15) is 0 Å². The number of rotatable bonds is 8. The van der Waals surface area contributed by atoms with Gasteiger partial charge >= 0.3 is 0 Å². The minimum absolute atomic E-state index is 0.0212. The van der Waals surface area contributed by atoms with Crippen LogP contribution in [0.3, 0.4) is 0 Å². The zero-order valence-corrected chi connectivity index (χ0v) is 14.9. The Balaban J connectivity index is 1.97. The lowest BCUT2D eigenvalue weighted by atomic mass is 10.2. The number of carbonyl (C=O) groups is 2. The summed E-state index contributed by atoms with van der Waals surface area (Å²) in [5, 5.41) is 16.2. The average molecular weight is 374 g/mol. The largest absolute Gasteiger partial charge is 0.350 e. The van der Waals surface area contributed by atoms with Crippen LogP contribution >= 0.6 is 11.8 Å². The number of nitrogens with one attached hydrogen (secondary N) is 2. The van der Waals surface area contributed by atoms with Crippen LogP contribution in [-0.4, -0.2) is 33.5 Å². The molecule has 26 heavy (non-hydrogen) atoms. The highest BCUT2D eigenvalue weighted by molar-refractivity contribution is 7.99. The lowest BCUT2D eigenvalue weighted by molar-refractivity contribution is -0.385. The van der Waals surface area contributed by atoms with E-state index < -0.39 is 11.0 Å². The maximum absolute atomic E-state index is 12.4. The Morgan fingerprint density at radius 1 is 1.31 bits per heavy atom. The van der Waals surface area contributed by atoms with E-state index >= 15 is 0 Å². The van der Waals surface area contributed by atoms with Crippen molar-refractivity contribution in [1.29, 1.82) is 0 Å². The topological polar surface area (TPSA) is 114 Å². The summed E-state index contributed by atoms with van der Waals surface area (Å²) in [7, 11) is 0. The third-order valence-corrected chi connectivity index (χ3v) is 4.42. The monoisotopic (exact) mass is 374 g/mol. The molecular formula is C17H18N4O4S. The SMILES string of the molecule is CC(=O)NC(CSc1cccc([N+](=O)[O-])c1)C(=O)NCc1cccnc1. The van der Waals surface area contributed by atoms with E-state index in [9.17, 15) is 19.7 Å². The summed E-state index contributed by atoms with van der Waals surface area (Å²) in [6.45, 7) is 1.63. The summed E-state index contributed by atoms with van der Waals surface area (Å²) in [4.78, 5) is 38.7. The van der Waals surface area contributed by atoms with Crippen molar-refractivity contribution in [1.82, 2.24) is 15.6 Å². The van der Waals surface area contributed by atoms with Crippen LogP contribution < -0.4 is 10.6 Å². The molecule has 9 heteroatoms. The molecule has 0 saturated heterocycles. The van der Waals surface area contributed by atoms with E-state index in [1.807, 2.05) is 6.07 Å². The van der Waals surface area contributed by atoms with E-state index in [4.69, 9.17) is 0 Å². The fourth-order valence-corrected chi connectivity index (χ4v) is 3.08. The van der Waals surface area contributed by atoms with Crippen molar-refractivity contribution in [3.63, 3.8) is 0 Å². The first-order valence-corrected chi connectivity index (χ1v) is 8.75. The maximum Gasteiger partial charge on any atom is 0.270 e. The highest BCUT2D eigenvalue weighted by Crippen LogP contribution is 2.23. The molecule has 8 nitrogen and oxygen atoms in total. The van der Waals surface area contributed by atoms with Crippen molar-refractivity contribution in [2.45, 2.75) is 24.4 Å². The lowest BCUT2D eigenvalue weighted by Gasteiger charge is -2.17. The molecule has 2 amide bonds. The van der Waals surface area contributed by atoms with Gasteiger partial charge in [-0.25, -0.2) is 0 Å². The number of hydrogen-bond acceptors (Lipinski definition) is 6. The standard InChI is InChI=1S/C17H18N4O4S/c1-12(22)20-16(17(23)19-10-13-4-3-7-18-9-13)11-26-15-6-2-5-14(8-15)21(24)25/h2-9,16H,10-11H2,1H3,(H,19,23)(H,20,22). The smallest absolute Gasteiger partial charge is 0.270 e. The number of nitrogens with zero attached hydrogens (tertiary/aromatic N) is 2. The molecule has 1 aromatic carbocycles. The van der Waals surface area contributed by atoms with E-state index in [0.717, 1.165) is 5.56 Å². The summed E-state index contributed by atoms with van der Waals surface area (Å²) < 4.78 is 0. The van der Waals surface area contributed by atoms with Crippen LogP contribution in [0.4, 0.5) is 5.69 Å². The van der Waals surface area contributed by atoms with E-state index in [1.165, 1.54) is 30.8 Å². The summed E-state index contributed by atoms with van der Waals surface area (Å²) >= 11 is 1.26. The number of amides is 2. The molecule has 0 spiro atoms. The van der Waals surface area contributed by atoms with Crippen molar-refractivity contribution in [3.8, 4) is 0 Å². The molecule has 0 aliphatic rings. The zero-order chi connectivity index (χ0) is 18.9. The van der Waals surface area contributed by atoms with Gasteiger partial charge in [-0.05, 0) is 17.7 Å². The van der Waals surface area contributed by atoms with E-state index in [-0.39, 0.29) is 23.3 Å². The quantitative estimate of drug-likeness (QED) is 0.414. The molecule has 0 radical (unpaired) electrons. The summed E-state index contributed by atoms with van der Waals surface area (Å²) in [5.74, 6) is -0.409. The lowest BCUT2D eigenvalue weighted by Crippen LogP contribution is -2.47. The van der Waals surface area contributed by atoms with Crippen LogP contribution in [-0.2, 0) is 16.1 Å². The predicted molar refractivity (Wildman–Crippen MR) is 97.5 cm³/mol. The second-order valence-corrected chi connectivity index (χ2v) is 6.49. The van der Waals surface area contributed by atoms with Gasteiger partial charge in [0.2, 0.25) is 11.8 Å². The second kappa shape index (κ2) is 9.52. The number of aromatic nitrogens is 1. The molecule has 2 aromatic rings. The molecule has 0 saturated carbocycles. The summed E-state index contributed by atoms with van der Waals surface area (Å²) in [6.07, 6.45) is 3.28. The summed E-state index contributed by atoms with van der Waals surface area (Å²) in [6, 6.07) is 8.97. The number of carbonyl (C=O) groups excluding carboxylic acids is 2.